The van der Waals surface area contributed by atoms with Crippen LogP contribution in [0.2, 0.25) is 0 Å². The monoisotopic (exact) mass is 344 g/mol. The highest BCUT2D eigenvalue weighted by Gasteiger charge is 2.26. The van der Waals surface area contributed by atoms with E-state index in [1.807, 2.05) is 92.7 Å². The Morgan fingerprint density at radius 2 is 1.27 bits per heavy atom. The molecule has 3 N–H and O–H groups in total. The summed E-state index contributed by atoms with van der Waals surface area (Å²) in [5.74, 6) is -0.122. The lowest BCUT2D eigenvalue weighted by atomic mass is 9.89. The molecule has 0 aliphatic carbocycles. The van der Waals surface area contributed by atoms with Crippen molar-refractivity contribution in [3.05, 3.63) is 107 Å². The maximum Gasteiger partial charge on any atom is 0.251 e. The summed E-state index contributed by atoms with van der Waals surface area (Å²) in [6.45, 7) is 4.09. The Bertz CT molecular complexity index is 889. The van der Waals surface area contributed by atoms with Crippen molar-refractivity contribution in [2.24, 2.45) is 5.73 Å². The van der Waals surface area contributed by atoms with E-state index in [0.717, 1.165) is 22.3 Å². The van der Waals surface area contributed by atoms with Gasteiger partial charge in [-0.2, -0.15) is 0 Å². The van der Waals surface area contributed by atoms with Crippen LogP contribution in [0, 0.1) is 13.8 Å². The van der Waals surface area contributed by atoms with Gasteiger partial charge in [0.25, 0.3) is 5.91 Å². The Kier molecular flexibility index (Phi) is 5.49. The van der Waals surface area contributed by atoms with Crippen molar-refractivity contribution in [3.8, 4) is 0 Å². The van der Waals surface area contributed by atoms with Gasteiger partial charge in [-0.25, -0.2) is 0 Å². The average Bonchev–Trinajstić information content (AvgIpc) is 2.67. The van der Waals surface area contributed by atoms with Crippen LogP contribution in [-0.2, 0) is 0 Å². The molecule has 3 aromatic carbocycles. The highest BCUT2D eigenvalue weighted by atomic mass is 16.1. The molecule has 0 aliphatic rings. The van der Waals surface area contributed by atoms with Crippen molar-refractivity contribution < 1.29 is 4.79 Å². The molecule has 0 bridgehead atoms. The zero-order valence-corrected chi connectivity index (χ0v) is 15.1. The van der Waals surface area contributed by atoms with E-state index >= 15 is 0 Å². The predicted octanol–water partition coefficient (Wildman–Crippen LogP) is 4.47. The lowest BCUT2D eigenvalue weighted by Gasteiger charge is -2.28. The molecule has 2 atom stereocenters. The van der Waals surface area contributed by atoms with Gasteiger partial charge in [0, 0.05) is 5.56 Å². The first-order valence-electron chi connectivity index (χ1n) is 8.80. The van der Waals surface area contributed by atoms with Gasteiger partial charge in [-0.05, 0) is 48.2 Å². The third-order valence-electron chi connectivity index (χ3n) is 4.75. The minimum atomic E-state index is -0.343. The normalized spacial score (nSPS) is 13.0. The fourth-order valence-electron chi connectivity index (χ4n) is 3.25. The summed E-state index contributed by atoms with van der Waals surface area (Å²) in [4.78, 5) is 12.8. The second-order valence-electron chi connectivity index (χ2n) is 6.56. The van der Waals surface area contributed by atoms with Crippen LogP contribution >= 0.6 is 0 Å². The van der Waals surface area contributed by atoms with Crippen LogP contribution in [0.3, 0.4) is 0 Å². The Hall–Kier alpha value is -2.91. The Morgan fingerprint density at radius 3 is 1.85 bits per heavy atom. The molecule has 26 heavy (non-hydrogen) atoms. The first-order chi connectivity index (χ1) is 12.6. The fraction of sp³-hybridized carbons (Fsp3) is 0.174. The number of nitrogens with two attached hydrogens (primary N) is 1. The van der Waals surface area contributed by atoms with Crippen molar-refractivity contribution in [2.45, 2.75) is 25.9 Å². The van der Waals surface area contributed by atoms with E-state index in [2.05, 4.69) is 5.32 Å². The SMILES string of the molecule is Cc1ccccc1[C@@H](N)[C@@H](NC(=O)c1ccccc1)c1ccccc1C. The van der Waals surface area contributed by atoms with E-state index in [-0.39, 0.29) is 18.0 Å². The maximum atomic E-state index is 12.8. The summed E-state index contributed by atoms with van der Waals surface area (Å²) in [7, 11) is 0. The predicted molar refractivity (Wildman–Crippen MR) is 106 cm³/mol. The van der Waals surface area contributed by atoms with Gasteiger partial charge in [0.15, 0.2) is 0 Å². The summed E-state index contributed by atoms with van der Waals surface area (Å²) in [6.07, 6.45) is 0. The average molecular weight is 344 g/mol. The number of aryl methyl sites for hydroxylation is 2. The van der Waals surface area contributed by atoms with E-state index in [1.165, 1.54) is 0 Å². The molecule has 3 nitrogen and oxygen atoms in total. The summed E-state index contributed by atoms with van der Waals surface area (Å²) in [6, 6.07) is 24.7. The Morgan fingerprint density at radius 1 is 0.769 bits per heavy atom. The maximum absolute atomic E-state index is 12.8. The van der Waals surface area contributed by atoms with E-state index in [0.29, 0.717) is 5.56 Å². The van der Waals surface area contributed by atoms with Crippen LogP contribution in [0.25, 0.3) is 0 Å². The number of rotatable bonds is 5. The van der Waals surface area contributed by atoms with Crippen LogP contribution in [0.15, 0.2) is 78.9 Å². The highest BCUT2D eigenvalue weighted by Crippen LogP contribution is 2.30. The summed E-state index contributed by atoms with van der Waals surface area (Å²) in [5.41, 5.74) is 11.6. The molecule has 0 aromatic heterocycles. The third kappa shape index (κ3) is 3.84. The van der Waals surface area contributed by atoms with Crippen LogP contribution in [0.5, 0.6) is 0 Å². The van der Waals surface area contributed by atoms with Gasteiger partial charge in [-0.15, -0.1) is 0 Å². The molecule has 0 aliphatic heterocycles. The smallest absolute Gasteiger partial charge is 0.251 e. The molecule has 0 spiro atoms. The molecule has 3 heteroatoms. The molecule has 0 unspecified atom stereocenters. The van der Waals surface area contributed by atoms with E-state index < -0.39 is 0 Å². The van der Waals surface area contributed by atoms with Gasteiger partial charge >= 0.3 is 0 Å². The van der Waals surface area contributed by atoms with Gasteiger partial charge in [0.05, 0.1) is 12.1 Å². The molecule has 0 saturated carbocycles. The van der Waals surface area contributed by atoms with Gasteiger partial charge in [0.2, 0.25) is 0 Å². The van der Waals surface area contributed by atoms with Crippen molar-refractivity contribution in [1.82, 2.24) is 5.32 Å². The van der Waals surface area contributed by atoms with Gasteiger partial charge in [0.1, 0.15) is 0 Å². The first kappa shape index (κ1) is 17.9. The molecule has 132 valence electrons. The van der Waals surface area contributed by atoms with Crippen molar-refractivity contribution in [1.29, 1.82) is 0 Å². The third-order valence-corrected chi connectivity index (χ3v) is 4.75. The molecular formula is C23H24N2O. The van der Waals surface area contributed by atoms with E-state index in [4.69, 9.17) is 5.73 Å². The van der Waals surface area contributed by atoms with E-state index in [1.54, 1.807) is 0 Å². The number of carbonyl (C=O) groups excluding carboxylic acids is 1. The second-order valence-corrected chi connectivity index (χ2v) is 6.56. The minimum Gasteiger partial charge on any atom is -0.343 e. The number of hydrogen-bond donors (Lipinski definition) is 2. The molecule has 0 saturated heterocycles. The first-order valence-corrected chi connectivity index (χ1v) is 8.80. The van der Waals surface area contributed by atoms with Gasteiger partial charge in [-0.1, -0.05) is 66.7 Å². The summed E-state index contributed by atoms with van der Waals surface area (Å²) < 4.78 is 0. The summed E-state index contributed by atoms with van der Waals surface area (Å²) >= 11 is 0. The van der Waals surface area contributed by atoms with Crippen LogP contribution in [0.1, 0.15) is 44.7 Å². The number of hydrogen-bond acceptors (Lipinski definition) is 2. The lowest BCUT2D eigenvalue weighted by Crippen LogP contribution is -2.36. The van der Waals surface area contributed by atoms with Crippen LogP contribution in [-0.4, -0.2) is 5.91 Å². The number of carbonyl (C=O) groups is 1. The van der Waals surface area contributed by atoms with E-state index in [9.17, 15) is 4.79 Å². The molecule has 1 amide bonds. The molecule has 0 radical (unpaired) electrons. The standard InChI is InChI=1S/C23H24N2O/c1-16-10-6-8-14-19(16)21(24)22(20-15-9-7-11-17(20)2)25-23(26)18-12-4-3-5-13-18/h3-15,21-22H,24H2,1-2H3,(H,25,26)/t21-,22+/m1/s1. The molecule has 3 aromatic rings. The molecule has 3 rings (SSSR count). The molecule has 0 fully saturated rings. The number of nitrogens with one attached hydrogen (secondary N) is 1. The van der Waals surface area contributed by atoms with Gasteiger partial charge in [-0.3, -0.25) is 4.79 Å². The lowest BCUT2D eigenvalue weighted by molar-refractivity contribution is 0.0930. The largest absolute Gasteiger partial charge is 0.343 e. The molecular weight excluding hydrogens is 320 g/mol. The zero-order valence-electron chi connectivity index (χ0n) is 15.1. The number of benzene rings is 3. The minimum absolute atomic E-state index is 0.122. The van der Waals surface area contributed by atoms with Crippen LogP contribution < -0.4 is 11.1 Å². The fourth-order valence-corrected chi connectivity index (χ4v) is 3.25. The number of amides is 1. The topological polar surface area (TPSA) is 55.1 Å². The van der Waals surface area contributed by atoms with Crippen molar-refractivity contribution in [2.75, 3.05) is 0 Å². The zero-order chi connectivity index (χ0) is 18.5. The molecule has 0 heterocycles. The Balaban J connectivity index is 1.99. The quantitative estimate of drug-likeness (QED) is 0.717. The van der Waals surface area contributed by atoms with Gasteiger partial charge < -0.3 is 11.1 Å². The van der Waals surface area contributed by atoms with Crippen LogP contribution in [0.4, 0.5) is 0 Å². The summed E-state index contributed by atoms with van der Waals surface area (Å²) in [5, 5.41) is 3.15. The highest BCUT2D eigenvalue weighted by molar-refractivity contribution is 5.94. The second kappa shape index (κ2) is 7.98. The van der Waals surface area contributed by atoms with Crippen molar-refractivity contribution in [3.63, 3.8) is 0 Å². The Labute approximate surface area is 154 Å². The van der Waals surface area contributed by atoms with Crippen molar-refractivity contribution >= 4 is 5.91 Å².